The average molecular weight is 571 g/mol. The monoisotopic (exact) mass is 570 g/mol. The molecule has 0 aliphatic heterocycles. The van der Waals surface area contributed by atoms with Crippen molar-refractivity contribution in [3.8, 4) is 11.1 Å². The van der Waals surface area contributed by atoms with Crippen molar-refractivity contribution in [2.24, 2.45) is 0 Å². The molecule has 11 heteroatoms. The summed E-state index contributed by atoms with van der Waals surface area (Å²) in [7, 11) is -3.87. The lowest BCUT2D eigenvalue weighted by atomic mass is 9.70. The topological polar surface area (TPSA) is 146 Å². The van der Waals surface area contributed by atoms with Crippen molar-refractivity contribution in [2.75, 3.05) is 17.7 Å². The minimum Gasteiger partial charge on any atom is -0.394 e. The Hall–Kier alpha value is -3.44. The summed E-state index contributed by atoms with van der Waals surface area (Å²) in [4.78, 5) is 4.18. The molecular formula is C28H35ClN6O3S. The van der Waals surface area contributed by atoms with Gasteiger partial charge in [-0.3, -0.25) is 0 Å². The van der Waals surface area contributed by atoms with Crippen molar-refractivity contribution < 1.29 is 13.5 Å². The van der Waals surface area contributed by atoms with Gasteiger partial charge in [0.05, 0.1) is 22.1 Å². The third-order valence-corrected chi connectivity index (χ3v) is 8.28. The molecule has 0 radical (unpaired) electrons. The fourth-order valence-electron chi connectivity index (χ4n) is 4.37. The molecule has 6 N–H and O–H groups in total. The van der Waals surface area contributed by atoms with E-state index in [9.17, 15) is 13.5 Å². The van der Waals surface area contributed by atoms with Gasteiger partial charge in [0, 0.05) is 16.7 Å². The predicted octanol–water partition coefficient (Wildman–Crippen LogP) is 5.47. The number of benzene rings is 2. The van der Waals surface area contributed by atoms with Crippen molar-refractivity contribution in [1.29, 1.82) is 0 Å². The Labute approximate surface area is 235 Å². The molecule has 3 aromatic rings. The highest BCUT2D eigenvalue weighted by atomic mass is 35.5. The molecule has 9 nitrogen and oxygen atoms in total. The van der Waals surface area contributed by atoms with Crippen molar-refractivity contribution in [1.82, 2.24) is 19.9 Å². The maximum Gasteiger partial charge on any atom is 0.248 e. The third kappa shape index (κ3) is 6.59. The van der Waals surface area contributed by atoms with Crippen LogP contribution in [0.2, 0.25) is 5.02 Å². The minimum absolute atomic E-state index is 0.0663. The SMILES string of the molecule is C=CCC(C=CC)(C(=C)C)c1cc(Nc2n[nH]c(N)n2)cc(Cl)c1-c1ccc(S(=O)(=O)NC(C)(C)CO)cc1. The molecule has 1 atom stereocenters. The van der Waals surface area contributed by atoms with Gasteiger partial charge >= 0.3 is 0 Å². The van der Waals surface area contributed by atoms with E-state index >= 15 is 0 Å². The minimum atomic E-state index is -3.87. The molecule has 1 aromatic heterocycles. The summed E-state index contributed by atoms with van der Waals surface area (Å²) in [5.41, 5.74) is 7.76. The molecule has 0 saturated carbocycles. The molecule has 0 fully saturated rings. The predicted molar refractivity (Wildman–Crippen MR) is 159 cm³/mol. The fraction of sp³-hybridized carbons (Fsp3) is 0.286. The smallest absolute Gasteiger partial charge is 0.248 e. The van der Waals surface area contributed by atoms with Crippen molar-refractivity contribution in [2.45, 2.75) is 50.0 Å². The zero-order valence-corrected chi connectivity index (χ0v) is 24.1. The van der Waals surface area contributed by atoms with E-state index in [-0.39, 0.29) is 23.4 Å². The second-order valence-electron chi connectivity index (χ2n) is 9.97. The third-order valence-electron chi connectivity index (χ3n) is 6.27. The van der Waals surface area contributed by atoms with Gasteiger partial charge in [0.15, 0.2) is 0 Å². The van der Waals surface area contributed by atoms with E-state index in [1.54, 1.807) is 32.0 Å². The second-order valence-corrected chi connectivity index (χ2v) is 12.1. The number of rotatable bonds is 12. The largest absolute Gasteiger partial charge is 0.394 e. The molecule has 0 saturated heterocycles. The van der Waals surface area contributed by atoms with Crippen molar-refractivity contribution in [3.05, 3.63) is 83.9 Å². The van der Waals surface area contributed by atoms with Crippen molar-refractivity contribution in [3.63, 3.8) is 0 Å². The zero-order valence-electron chi connectivity index (χ0n) is 22.5. The molecule has 0 spiro atoms. The maximum atomic E-state index is 12.9. The second kappa shape index (κ2) is 11.7. The number of nitrogens with zero attached hydrogens (tertiary/aromatic N) is 2. The summed E-state index contributed by atoms with van der Waals surface area (Å²) in [5, 5.41) is 19.7. The van der Waals surface area contributed by atoms with Crippen LogP contribution in [-0.2, 0) is 15.4 Å². The lowest BCUT2D eigenvalue weighted by Gasteiger charge is -2.34. The summed E-state index contributed by atoms with van der Waals surface area (Å²) in [6, 6.07) is 10.1. The summed E-state index contributed by atoms with van der Waals surface area (Å²) in [5.74, 6) is 0.454. The quantitative estimate of drug-likeness (QED) is 0.181. The molecule has 208 valence electrons. The van der Waals surface area contributed by atoms with Crippen LogP contribution >= 0.6 is 11.6 Å². The highest BCUT2D eigenvalue weighted by molar-refractivity contribution is 7.89. The van der Waals surface area contributed by atoms with E-state index < -0.39 is 21.0 Å². The van der Waals surface area contributed by atoms with Crippen LogP contribution in [0.3, 0.4) is 0 Å². The van der Waals surface area contributed by atoms with Gasteiger partial charge < -0.3 is 16.2 Å². The Morgan fingerprint density at radius 1 is 1.26 bits per heavy atom. The normalized spacial score (nSPS) is 13.8. The number of H-pyrrole nitrogens is 1. The fourth-order valence-corrected chi connectivity index (χ4v) is 6.10. The number of nitrogens with two attached hydrogens (primary N) is 1. The number of nitrogen functional groups attached to an aromatic ring is 1. The van der Waals surface area contributed by atoms with Gasteiger partial charge in [-0.25, -0.2) is 18.2 Å². The first-order valence-corrected chi connectivity index (χ1v) is 14.1. The maximum absolute atomic E-state index is 12.9. The van der Waals surface area contributed by atoms with Crippen LogP contribution in [0.1, 0.15) is 39.7 Å². The van der Waals surface area contributed by atoms with E-state index in [1.807, 2.05) is 32.1 Å². The Morgan fingerprint density at radius 2 is 1.92 bits per heavy atom. The van der Waals surface area contributed by atoms with Crippen LogP contribution in [0.25, 0.3) is 11.1 Å². The van der Waals surface area contributed by atoms with Gasteiger partial charge in [-0.15, -0.1) is 11.7 Å². The first-order chi connectivity index (χ1) is 18.3. The zero-order chi connectivity index (χ0) is 29.0. The number of allylic oxidation sites excluding steroid dienone is 4. The summed E-state index contributed by atoms with van der Waals surface area (Å²) in [6.07, 6.45) is 6.38. The van der Waals surface area contributed by atoms with E-state index in [2.05, 4.69) is 44.5 Å². The molecule has 0 amide bonds. The number of aliphatic hydroxyl groups excluding tert-OH is 1. The molecule has 3 rings (SSSR count). The number of halogens is 1. The molecule has 0 aliphatic rings. The molecule has 39 heavy (non-hydrogen) atoms. The first kappa shape index (κ1) is 30.1. The lowest BCUT2D eigenvalue weighted by Crippen LogP contribution is -2.46. The number of hydrogen-bond donors (Lipinski definition) is 5. The summed E-state index contributed by atoms with van der Waals surface area (Å²) >= 11 is 6.94. The highest BCUT2D eigenvalue weighted by Gasteiger charge is 2.33. The Morgan fingerprint density at radius 3 is 2.44 bits per heavy atom. The first-order valence-electron chi connectivity index (χ1n) is 12.2. The molecule has 1 unspecified atom stereocenters. The summed E-state index contributed by atoms with van der Waals surface area (Å²) in [6.45, 7) is 15.0. The van der Waals surface area contributed by atoms with Gasteiger partial charge in [-0.2, -0.15) is 4.98 Å². The van der Waals surface area contributed by atoms with E-state index in [0.29, 0.717) is 28.3 Å². The van der Waals surface area contributed by atoms with E-state index in [1.165, 1.54) is 12.1 Å². The highest BCUT2D eigenvalue weighted by Crippen LogP contribution is 2.46. The molecule has 0 aliphatic carbocycles. The summed E-state index contributed by atoms with van der Waals surface area (Å²) < 4.78 is 28.3. The van der Waals surface area contributed by atoms with Gasteiger partial charge in [0.2, 0.25) is 21.9 Å². The Balaban J connectivity index is 2.23. The number of anilines is 3. The van der Waals surface area contributed by atoms with Gasteiger partial charge in [-0.05, 0) is 69.5 Å². The molecule has 1 heterocycles. The standard InChI is InChI=1S/C28H35ClN6O3S/c1-7-13-28(14-8-2,18(3)4)22-15-20(31-26-32-25(30)33-34-26)16-23(29)24(22)19-9-11-21(12-10-19)39(37,38)35-27(5,6)17-36/h7-12,14-16,35-36H,1,3,13,17H2,2,4-6H3,(H4,30,31,32,33,34). The van der Waals surface area contributed by atoms with E-state index in [0.717, 1.165) is 11.1 Å². The molecule has 2 aromatic carbocycles. The van der Waals surface area contributed by atoms with Crippen LogP contribution < -0.4 is 15.8 Å². The van der Waals surface area contributed by atoms with Gasteiger partial charge in [0.1, 0.15) is 0 Å². The number of sulfonamides is 1. The number of nitrogens with one attached hydrogen (secondary N) is 3. The van der Waals surface area contributed by atoms with Crippen LogP contribution in [0, 0.1) is 0 Å². The van der Waals surface area contributed by atoms with Crippen LogP contribution in [0.15, 0.2) is 78.3 Å². The van der Waals surface area contributed by atoms with Gasteiger partial charge in [0.25, 0.3) is 0 Å². The Kier molecular flexibility index (Phi) is 9.07. The Bertz CT molecular complexity index is 1500. The van der Waals surface area contributed by atoms with Crippen LogP contribution in [0.4, 0.5) is 17.6 Å². The molecule has 0 bridgehead atoms. The number of aromatic nitrogens is 3. The van der Waals surface area contributed by atoms with Crippen LogP contribution in [-0.4, -0.2) is 40.9 Å². The van der Waals surface area contributed by atoms with Crippen LogP contribution in [0.5, 0.6) is 0 Å². The number of aliphatic hydroxyl groups is 1. The van der Waals surface area contributed by atoms with Gasteiger partial charge in [-0.1, -0.05) is 54.1 Å². The van der Waals surface area contributed by atoms with Crippen molar-refractivity contribution >= 4 is 39.2 Å². The lowest BCUT2D eigenvalue weighted by molar-refractivity contribution is 0.208. The van der Waals surface area contributed by atoms with E-state index in [4.69, 9.17) is 17.3 Å². The number of hydrogen-bond acceptors (Lipinski definition) is 7. The average Bonchev–Trinajstić information content (AvgIpc) is 3.27. The molecular weight excluding hydrogens is 536 g/mol. The number of aromatic amines is 1.